The number of H-pyrrole nitrogens is 1. The molecule has 0 saturated heterocycles. The number of hydrogen-bond acceptors (Lipinski definition) is 3. The lowest BCUT2D eigenvalue weighted by Gasteiger charge is -2.12. The summed E-state index contributed by atoms with van der Waals surface area (Å²) in [5.41, 5.74) is 2.83. The number of hydrogen-bond donors (Lipinski definition) is 1. The van der Waals surface area contributed by atoms with E-state index in [4.69, 9.17) is 0 Å². The Morgan fingerprint density at radius 2 is 1.54 bits per heavy atom. The van der Waals surface area contributed by atoms with E-state index < -0.39 is 11.8 Å². The first kappa shape index (κ1) is 14.4. The first-order chi connectivity index (χ1) is 11.6. The van der Waals surface area contributed by atoms with E-state index >= 15 is 0 Å². The molecule has 2 heterocycles. The SMILES string of the molecule is Cc1[nH]c2ccccc2c1C(=O)CN1C(=O)c2ccccc2C1=O. The molecule has 5 heteroatoms. The van der Waals surface area contributed by atoms with Gasteiger partial charge in [-0.15, -0.1) is 0 Å². The Labute approximate surface area is 137 Å². The summed E-state index contributed by atoms with van der Waals surface area (Å²) in [6, 6.07) is 14.1. The zero-order valence-corrected chi connectivity index (χ0v) is 13.0. The van der Waals surface area contributed by atoms with Crippen LogP contribution in [0.15, 0.2) is 48.5 Å². The van der Waals surface area contributed by atoms with Crippen molar-refractivity contribution in [3.05, 3.63) is 70.9 Å². The maximum Gasteiger partial charge on any atom is 0.261 e. The molecule has 1 N–H and O–H groups in total. The second-order valence-corrected chi connectivity index (χ2v) is 5.84. The highest BCUT2D eigenvalue weighted by Crippen LogP contribution is 2.26. The highest BCUT2D eigenvalue weighted by atomic mass is 16.2. The first-order valence-electron chi connectivity index (χ1n) is 7.63. The molecule has 0 atom stereocenters. The van der Waals surface area contributed by atoms with Gasteiger partial charge in [-0.3, -0.25) is 19.3 Å². The van der Waals surface area contributed by atoms with Gasteiger partial charge in [0.25, 0.3) is 11.8 Å². The van der Waals surface area contributed by atoms with Crippen molar-refractivity contribution < 1.29 is 14.4 Å². The van der Waals surface area contributed by atoms with E-state index in [0.29, 0.717) is 16.7 Å². The third kappa shape index (κ3) is 1.98. The van der Waals surface area contributed by atoms with Gasteiger partial charge in [-0.2, -0.15) is 0 Å². The number of nitrogens with one attached hydrogen (secondary N) is 1. The molecule has 0 fully saturated rings. The zero-order valence-electron chi connectivity index (χ0n) is 13.0. The number of fused-ring (bicyclic) bond motifs is 2. The second-order valence-electron chi connectivity index (χ2n) is 5.84. The molecule has 4 rings (SSSR count). The van der Waals surface area contributed by atoms with Crippen LogP contribution >= 0.6 is 0 Å². The average Bonchev–Trinajstić information content (AvgIpc) is 3.04. The standard InChI is InChI=1S/C19H14N2O3/c1-11-17(14-8-4-5-9-15(14)20-11)16(22)10-21-18(23)12-6-2-3-7-13(12)19(21)24/h2-9,20H,10H2,1H3. The van der Waals surface area contributed by atoms with Crippen LogP contribution in [0.2, 0.25) is 0 Å². The molecule has 2 amide bonds. The predicted octanol–water partition coefficient (Wildman–Crippen LogP) is 2.96. The fourth-order valence-corrected chi connectivity index (χ4v) is 3.24. The van der Waals surface area contributed by atoms with Gasteiger partial charge in [0.15, 0.2) is 5.78 Å². The molecular weight excluding hydrogens is 304 g/mol. The van der Waals surface area contributed by atoms with Gasteiger partial charge >= 0.3 is 0 Å². The smallest absolute Gasteiger partial charge is 0.261 e. The van der Waals surface area contributed by atoms with E-state index in [1.165, 1.54) is 0 Å². The molecule has 0 saturated carbocycles. The Morgan fingerprint density at radius 3 is 2.21 bits per heavy atom. The summed E-state index contributed by atoms with van der Waals surface area (Å²) in [4.78, 5) is 41.8. The Morgan fingerprint density at radius 1 is 0.958 bits per heavy atom. The van der Waals surface area contributed by atoms with Crippen LogP contribution in [0.1, 0.15) is 36.8 Å². The van der Waals surface area contributed by atoms with Crippen molar-refractivity contribution in [3.63, 3.8) is 0 Å². The van der Waals surface area contributed by atoms with Crippen molar-refractivity contribution in [3.8, 4) is 0 Å². The summed E-state index contributed by atoms with van der Waals surface area (Å²) in [5.74, 6) is -1.08. The molecule has 1 aliphatic rings. The fourth-order valence-electron chi connectivity index (χ4n) is 3.24. The molecule has 5 nitrogen and oxygen atoms in total. The molecule has 0 spiro atoms. The van der Waals surface area contributed by atoms with E-state index in [9.17, 15) is 14.4 Å². The van der Waals surface area contributed by atoms with Crippen molar-refractivity contribution >= 4 is 28.5 Å². The maximum absolute atomic E-state index is 12.8. The summed E-state index contributed by atoms with van der Waals surface area (Å²) >= 11 is 0. The molecular formula is C19H14N2O3. The third-order valence-corrected chi connectivity index (χ3v) is 4.35. The summed E-state index contributed by atoms with van der Waals surface area (Å²) in [5, 5.41) is 0.802. The van der Waals surface area contributed by atoms with Crippen LogP contribution in [0.4, 0.5) is 0 Å². The number of para-hydroxylation sites is 1. The van der Waals surface area contributed by atoms with Crippen molar-refractivity contribution in [2.45, 2.75) is 6.92 Å². The second kappa shape index (κ2) is 5.16. The van der Waals surface area contributed by atoms with E-state index in [1.807, 2.05) is 31.2 Å². The molecule has 24 heavy (non-hydrogen) atoms. The van der Waals surface area contributed by atoms with E-state index in [2.05, 4.69) is 4.98 Å². The van der Waals surface area contributed by atoms with E-state index in [-0.39, 0.29) is 12.3 Å². The van der Waals surface area contributed by atoms with Crippen molar-refractivity contribution in [2.75, 3.05) is 6.54 Å². The van der Waals surface area contributed by atoms with Crippen LogP contribution in [0, 0.1) is 6.92 Å². The van der Waals surface area contributed by atoms with Crippen molar-refractivity contribution in [1.82, 2.24) is 9.88 Å². The number of amides is 2. The van der Waals surface area contributed by atoms with Gasteiger partial charge in [-0.25, -0.2) is 0 Å². The monoisotopic (exact) mass is 318 g/mol. The number of benzene rings is 2. The first-order valence-corrected chi connectivity index (χ1v) is 7.63. The predicted molar refractivity (Wildman–Crippen MR) is 89.2 cm³/mol. The molecule has 1 aromatic heterocycles. The Hall–Kier alpha value is -3.21. The number of ketones is 1. The van der Waals surface area contributed by atoms with Crippen molar-refractivity contribution in [2.24, 2.45) is 0 Å². The van der Waals surface area contributed by atoms with Gasteiger partial charge in [-0.1, -0.05) is 30.3 Å². The summed E-state index contributed by atoms with van der Waals surface area (Å²) in [7, 11) is 0. The minimum atomic E-state index is -0.415. The quantitative estimate of drug-likeness (QED) is 0.596. The highest BCUT2D eigenvalue weighted by molar-refractivity contribution is 6.23. The van der Waals surface area contributed by atoms with Crippen LogP contribution in [-0.2, 0) is 0 Å². The topological polar surface area (TPSA) is 70.2 Å². The van der Waals surface area contributed by atoms with Crippen LogP contribution < -0.4 is 0 Å². The number of carbonyl (C=O) groups excluding carboxylic acids is 3. The fraction of sp³-hybridized carbons (Fsp3) is 0.105. The number of rotatable bonds is 3. The number of imide groups is 1. The lowest BCUT2D eigenvalue weighted by atomic mass is 10.1. The molecule has 0 radical (unpaired) electrons. The molecule has 2 aromatic carbocycles. The van der Waals surface area contributed by atoms with Crippen molar-refractivity contribution in [1.29, 1.82) is 0 Å². The average molecular weight is 318 g/mol. The Kier molecular flexibility index (Phi) is 3.09. The van der Waals surface area contributed by atoms with Gasteiger partial charge in [0.2, 0.25) is 0 Å². The maximum atomic E-state index is 12.8. The van der Waals surface area contributed by atoms with Crippen LogP contribution in [0.5, 0.6) is 0 Å². The van der Waals surface area contributed by atoms with Gasteiger partial charge in [0, 0.05) is 22.2 Å². The van der Waals surface area contributed by atoms with Crippen LogP contribution in [0.3, 0.4) is 0 Å². The normalized spacial score (nSPS) is 13.6. The van der Waals surface area contributed by atoms with Crippen LogP contribution in [-0.4, -0.2) is 34.0 Å². The third-order valence-electron chi connectivity index (χ3n) is 4.35. The number of carbonyl (C=O) groups is 3. The number of aromatic amines is 1. The largest absolute Gasteiger partial charge is 0.358 e. The lowest BCUT2D eigenvalue weighted by molar-refractivity contribution is 0.0624. The molecule has 0 bridgehead atoms. The highest BCUT2D eigenvalue weighted by Gasteiger charge is 2.36. The van der Waals surface area contributed by atoms with Gasteiger partial charge in [0.1, 0.15) is 0 Å². The summed E-state index contributed by atoms with van der Waals surface area (Å²) in [6.07, 6.45) is 0. The van der Waals surface area contributed by atoms with Gasteiger partial charge in [-0.05, 0) is 25.1 Å². The Bertz CT molecular complexity index is 981. The molecule has 0 unspecified atom stereocenters. The number of aromatic nitrogens is 1. The van der Waals surface area contributed by atoms with E-state index in [1.54, 1.807) is 24.3 Å². The van der Waals surface area contributed by atoms with Crippen LogP contribution in [0.25, 0.3) is 10.9 Å². The molecule has 118 valence electrons. The molecule has 1 aliphatic heterocycles. The lowest BCUT2D eigenvalue weighted by Crippen LogP contribution is -2.35. The number of nitrogens with zero attached hydrogens (tertiary/aromatic N) is 1. The zero-order chi connectivity index (χ0) is 16.8. The van der Waals surface area contributed by atoms with E-state index in [0.717, 1.165) is 21.5 Å². The molecule has 3 aromatic rings. The Balaban J connectivity index is 1.69. The summed E-state index contributed by atoms with van der Waals surface area (Å²) < 4.78 is 0. The number of aryl methyl sites for hydroxylation is 1. The number of Topliss-reactive ketones (excluding diaryl/α,β-unsaturated/α-hetero) is 1. The minimum absolute atomic E-state index is 0.251. The molecule has 0 aliphatic carbocycles. The van der Waals surface area contributed by atoms with Gasteiger partial charge < -0.3 is 4.98 Å². The summed E-state index contributed by atoms with van der Waals surface area (Å²) in [6.45, 7) is 1.56. The minimum Gasteiger partial charge on any atom is -0.358 e. The van der Waals surface area contributed by atoms with Gasteiger partial charge in [0.05, 0.1) is 17.7 Å².